The first-order valence-electron chi connectivity index (χ1n) is 7.12. The van der Waals surface area contributed by atoms with Crippen LogP contribution in [-0.4, -0.2) is 22.9 Å². The molecule has 4 rings (SSSR count). The Morgan fingerprint density at radius 3 is 2.55 bits per heavy atom. The van der Waals surface area contributed by atoms with Crippen molar-refractivity contribution in [3.63, 3.8) is 0 Å². The third-order valence-electron chi connectivity index (χ3n) is 4.26. The Bertz CT molecular complexity index is 747. The van der Waals surface area contributed by atoms with Crippen molar-refractivity contribution in [2.24, 2.45) is 0 Å². The second-order valence-corrected chi connectivity index (χ2v) is 5.99. The van der Waals surface area contributed by atoms with Crippen LogP contribution >= 0.6 is 11.6 Å². The van der Waals surface area contributed by atoms with E-state index in [2.05, 4.69) is 0 Å². The van der Waals surface area contributed by atoms with Crippen LogP contribution in [0.25, 0.3) is 0 Å². The normalized spacial score (nSPS) is 20.1. The first kappa shape index (κ1) is 13.3. The zero-order valence-corrected chi connectivity index (χ0v) is 12.5. The molecule has 1 atom stereocenters. The number of anilines is 1. The van der Waals surface area contributed by atoms with Crippen LogP contribution in [0.1, 0.15) is 11.1 Å². The second kappa shape index (κ2) is 4.85. The molecule has 2 aliphatic heterocycles. The van der Waals surface area contributed by atoms with Crippen LogP contribution < -0.4 is 4.90 Å². The summed E-state index contributed by atoms with van der Waals surface area (Å²) >= 11 is 5.98. The molecule has 2 heterocycles. The summed E-state index contributed by atoms with van der Waals surface area (Å²) in [6.07, 6.45) is 0.567. The summed E-state index contributed by atoms with van der Waals surface area (Å²) in [6.45, 7) is 0.475. The maximum Gasteiger partial charge on any atom is 0.332 e. The highest BCUT2D eigenvalue weighted by Crippen LogP contribution is 2.33. The van der Waals surface area contributed by atoms with Gasteiger partial charge in [-0.15, -0.1) is 0 Å². The molecule has 0 aromatic heterocycles. The summed E-state index contributed by atoms with van der Waals surface area (Å²) in [6, 6.07) is 14.1. The van der Waals surface area contributed by atoms with Gasteiger partial charge in [-0.3, -0.25) is 4.79 Å². The van der Waals surface area contributed by atoms with Crippen LogP contribution in [0.15, 0.2) is 48.5 Å². The Hall–Kier alpha value is -2.33. The Kier molecular flexibility index (Phi) is 2.94. The summed E-state index contributed by atoms with van der Waals surface area (Å²) in [5.74, 6) is -0.179. The van der Waals surface area contributed by atoms with Crippen LogP contribution in [0.3, 0.4) is 0 Å². The lowest BCUT2D eigenvalue weighted by Crippen LogP contribution is -2.39. The minimum Gasteiger partial charge on any atom is -0.307 e. The lowest BCUT2D eigenvalue weighted by Gasteiger charge is -2.28. The van der Waals surface area contributed by atoms with Gasteiger partial charge in [0.15, 0.2) is 0 Å². The van der Waals surface area contributed by atoms with E-state index in [4.69, 9.17) is 11.6 Å². The average Bonchev–Trinajstić information content (AvgIpc) is 2.76. The number of benzene rings is 2. The predicted molar refractivity (Wildman–Crippen MR) is 83.8 cm³/mol. The molecule has 0 spiro atoms. The topological polar surface area (TPSA) is 40.6 Å². The van der Waals surface area contributed by atoms with Gasteiger partial charge in [-0.05, 0) is 29.3 Å². The van der Waals surface area contributed by atoms with Gasteiger partial charge in [-0.2, -0.15) is 0 Å². The van der Waals surface area contributed by atoms with Gasteiger partial charge in [-0.25, -0.2) is 9.69 Å². The number of fused-ring (bicyclic) bond motifs is 2. The Morgan fingerprint density at radius 2 is 1.77 bits per heavy atom. The van der Waals surface area contributed by atoms with E-state index >= 15 is 0 Å². The number of nitrogens with zero attached hydrogens (tertiary/aromatic N) is 2. The third-order valence-corrected chi connectivity index (χ3v) is 4.49. The van der Waals surface area contributed by atoms with E-state index in [1.165, 1.54) is 4.90 Å². The van der Waals surface area contributed by atoms with Crippen LogP contribution in [0.2, 0.25) is 5.02 Å². The molecular weight excluding hydrogens is 300 g/mol. The average molecular weight is 313 g/mol. The zero-order chi connectivity index (χ0) is 15.3. The highest BCUT2D eigenvalue weighted by molar-refractivity contribution is 6.31. The molecule has 3 amide bonds. The van der Waals surface area contributed by atoms with Gasteiger partial charge in [0.2, 0.25) is 0 Å². The van der Waals surface area contributed by atoms with Gasteiger partial charge >= 0.3 is 6.03 Å². The second-order valence-electron chi connectivity index (χ2n) is 5.55. The number of carbonyl (C=O) groups excluding carboxylic acids is 2. The molecule has 5 heteroatoms. The predicted octanol–water partition coefficient (Wildman–Crippen LogP) is 3.23. The number of rotatable bonds is 1. The maximum atomic E-state index is 12.7. The first-order chi connectivity index (χ1) is 10.6. The first-order valence-corrected chi connectivity index (χ1v) is 7.50. The van der Waals surface area contributed by atoms with Crippen LogP contribution in [0, 0.1) is 0 Å². The van der Waals surface area contributed by atoms with Crippen molar-refractivity contribution in [2.45, 2.75) is 19.0 Å². The summed E-state index contributed by atoms with van der Waals surface area (Å²) in [5, 5.41) is 0.506. The van der Waals surface area contributed by atoms with E-state index in [1.807, 2.05) is 24.3 Å². The number of imide groups is 1. The molecule has 4 nitrogen and oxygen atoms in total. The smallest absolute Gasteiger partial charge is 0.307 e. The van der Waals surface area contributed by atoms with E-state index in [0.29, 0.717) is 23.7 Å². The molecule has 1 saturated heterocycles. The van der Waals surface area contributed by atoms with E-state index < -0.39 is 6.04 Å². The standard InChI is InChI=1S/C17H13ClN2O2/c18-13-6-3-7-14(9-13)20-16(21)15-8-11-4-1-2-5-12(11)10-19(15)17(20)22/h1-7,9,15H,8,10H2/t15-/m1/s1. The van der Waals surface area contributed by atoms with Crippen LogP contribution in [0.4, 0.5) is 10.5 Å². The van der Waals surface area contributed by atoms with Crippen molar-refractivity contribution in [1.29, 1.82) is 0 Å². The van der Waals surface area contributed by atoms with Gasteiger partial charge in [0.25, 0.3) is 5.91 Å². The van der Waals surface area contributed by atoms with Crippen molar-refractivity contribution >= 4 is 29.2 Å². The van der Waals surface area contributed by atoms with Gasteiger partial charge in [0, 0.05) is 18.0 Å². The Morgan fingerprint density at radius 1 is 1.00 bits per heavy atom. The van der Waals surface area contributed by atoms with Gasteiger partial charge in [0.05, 0.1) is 5.69 Å². The number of amides is 3. The third kappa shape index (κ3) is 1.91. The molecule has 0 N–H and O–H groups in total. The summed E-state index contributed by atoms with van der Waals surface area (Å²) in [5.41, 5.74) is 2.77. The minimum absolute atomic E-state index is 0.179. The monoisotopic (exact) mass is 312 g/mol. The van der Waals surface area contributed by atoms with Crippen LogP contribution in [-0.2, 0) is 17.8 Å². The number of halogens is 1. The molecule has 0 radical (unpaired) electrons. The Balaban J connectivity index is 1.73. The molecule has 0 saturated carbocycles. The molecular formula is C17H13ClN2O2. The molecule has 2 aromatic carbocycles. The number of hydrogen-bond acceptors (Lipinski definition) is 2. The molecule has 2 aliphatic rings. The van der Waals surface area contributed by atoms with Crippen molar-refractivity contribution in [3.8, 4) is 0 Å². The molecule has 0 unspecified atom stereocenters. The van der Waals surface area contributed by atoms with Crippen molar-refractivity contribution < 1.29 is 9.59 Å². The lowest BCUT2D eigenvalue weighted by atomic mass is 9.95. The van der Waals surface area contributed by atoms with E-state index in [0.717, 1.165) is 11.1 Å². The fourth-order valence-electron chi connectivity index (χ4n) is 3.17. The van der Waals surface area contributed by atoms with E-state index in [-0.39, 0.29) is 11.9 Å². The molecule has 1 fully saturated rings. The molecule has 0 aliphatic carbocycles. The van der Waals surface area contributed by atoms with E-state index in [1.54, 1.807) is 29.2 Å². The fourth-order valence-corrected chi connectivity index (χ4v) is 3.35. The number of urea groups is 1. The van der Waals surface area contributed by atoms with Gasteiger partial charge in [0.1, 0.15) is 6.04 Å². The summed E-state index contributed by atoms with van der Waals surface area (Å²) < 4.78 is 0. The lowest BCUT2D eigenvalue weighted by molar-refractivity contribution is -0.119. The largest absolute Gasteiger partial charge is 0.332 e. The van der Waals surface area contributed by atoms with Crippen molar-refractivity contribution in [2.75, 3.05) is 4.90 Å². The van der Waals surface area contributed by atoms with E-state index in [9.17, 15) is 9.59 Å². The highest BCUT2D eigenvalue weighted by Gasteiger charge is 2.47. The summed E-state index contributed by atoms with van der Waals surface area (Å²) in [4.78, 5) is 28.2. The maximum absolute atomic E-state index is 12.7. The molecule has 0 bridgehead atoms. The SMILES string of the molecule is O=C1[C@H]2Cc3ccccc3CN2C(=O)N1c1cccc(Cl)c1. The number of carbonyl (C=O) groups is 2. The zero-order valence-electron chi connectivity index (χ0n) is 11.7. The Labute approximate surface area is 132 Å². The van der Waals surface area contributed by atoms with Crippen molar-refractivity contribution in [3.05, 3.63) is 64.7 Å². The van der Waals surface area contributed by atoms with Crippen LogP contribution in [0.5, 0.6) is 0 Å². The molecule has 22 heavy (non-hydrogen) atoms. The van der Waals surface area contributed by atoms with Gasteiger partial charge < -0.3 is 4.90 Å². The molecule has 2 aromatic rings. The number of hydrogen-bond donors (Lipinski definition) is 0. The quantitative estimate of drug-likeness (QED) is 0.759. The molecule has 110 valence electrons. The van der Waals surface area contributed by atoms with Crippen molar-refractivity contribution in [1.82, 2.24) is 4.90 Å². The van der Waals surface area contributed by atoms with Gasteiger partial charge in [-0.1, -0.05) is 41.9 Å². The summed E-state index contributed by atoms with van der Waals surface area (Å²) in [7, 11) is 0. The minimum atomic E-state index is -0.415. The fraction of sp³-hybridized carbons (Fsp3) is 0.176. The highest BCUT2D eigenvalue weighted by atomic mass is 35.5.